The summed E-state index contributed by atoms with van der Waals surface area (Å²) >= 11 is 0. The predicted octanol–water partition coefficient (Wildman–Crippen LogP) is 2.57. The lowest BCUT2D eigenvalue weighted by Crippen LogP contribution is -2.48. The third-order valence-electron chi connectivity index (χ3n) is 3.30. The second-order valence-corrected chi connectivity index (χ2v) is 7.23. The van der Waals surface area contributed by atoms with Crippen LogP contribution in [0.25, 0.3) is 0 Å². The van der Waals surface area contributed by atoms with Gasteiger partial charge in [0.25, 0.3) is 0 Å². The molecule has 0 atom stereocenters. The van der Waals surface area contributed by atoms with E-state index in [0.717, 1.165) is 0 Å². The van der Waals surface area contributed by atoms with Crippen molar-refractivity contribution in [3.8, 4) is 0 Å². The molecule has 0 aromatic carbocycles. The van der Waals surface area contributed by atoms with Gasteiger partial charge in [0.2, 0.25) is 5.91 Å². The van der Waals surface area contributed by atoms with Crippen LogP contribution in [-0.4, -0.2) is 35.7 Å². The number of hydrogen-bond acceptors (Lipinski definition) is 5. The summed E-state index contributed by atoms with van der Waals surface area (Å²) in [6.07, 6.45) is 1.02. The van der Waals surface area contributed by atoms with E-state index < -0.39 is 17.1 Å². The van der Waals surface area contributed by atoms with Crippen molar-refractivity contribution < 1.29 is 14.3 Å². The summed E-state index contributed by atoms with van der Waals surface area (Å²) in [6, 6.07) is 3.40. The monoisotopic (exact) mass is 336 g/mol. The zero-order chi connectivity index (χ0) is 18.5. The smallest absolute Gasteiger partial charge is 0.407 e. The van der Waals surface area contributed by atoms with E-state index in [4.69, 9.17) is 10.5 Å². The molecule has 0 bridgehead atoms. The zero-order valence-electron chi connectivity index (χ0n) is 15.3. The highest BCUT2D eigenvalue weighted by Gasteiger charge is 2.33. The number of nitrogens with two attached hydrogens (primary N) is 1. The van der Waals surface area contributed by atoms with Gasteiger partial charge in [-0.1, -0.05) is 0 Å². The standard InChI is InChI=1S/C17H28N4O3/c1-7-21(12-8-9-13(18)19-10-12)14(22)17(5,6)11-20-15(23)24-16(2,3)4/h8-10H,7,11H2,1-6H3,(H2,18,19)(H,20,23). The second-order valence-electron chi connectivity index (χ2n) is 7.23. The van der Waals surface area contributed by atoms with Crippen LogP contribution in [0.5, 0.6) is 0 Å². The number of hydrogen-bond donors (Lipinski definition) is 2. The largest absolute Gasteiger partial charge is 0.444 e. The Kier molecular flexibility index (Phi) is 6.17. The lowest BCUT2D eigenvalue weighted by atomic mass is 9.91. The maximum atomic E-state index is 12.9. The summed E-state index contributed by atoms with van der Waals surface area (Å²) in [7, 11) is 0. The number of carbonyl (C=O) groups is 2. The lowest BCUT2D eigenvalue weighted by Gasteiger charge is -2.31. The van der Waals surface area contributed by atoms with Gasteiger partial charge in [-0.2, -0.15) is 0 Å². The average molecular weight is 336 g/mol. The molecule has 3 N–H and O–H groups in total. The summed E-state index contributed by atoms with van der Waals surface area (Å²) in [6.45, 7) is 11.5. The molecule has 0 spiro atoms. The third kappa shape index (κ3) is 5.72. The molecule has 0 fully saturated rings. The number of carbonyl (C=O) groups excluding carboxylic acids is 2. The van der Waals surface area contributed by atoms with Crippen molar-refractivity contribution in [2.24, 2.45) is 5.41 Å². The molecular formula is C17H28N4O3. The van der Waals surface area contributed by atoms with Gasteiger partial charge in [-0.05, 0) is 53.7 Å². The number of rotatable bonds is 5. The van der Waals surface area contributed by atoms with E-state index in [1.807, 2.05) is 6.92 Å². The van der Waals surface area contributed by atoms with E-state index in [2.05, 4.69) is 10.3 Å². The van der Waals surface area contributed by atoms with Crippen LogP contribution in [0.3, 0.4) is 0 Å². The summed E-state index contributed by atoms with van der Waals surface area (Å²) < 4.78 is 5.20. The van der Waals surface area contributed by atoms with Gasteiger partial charge >= 0.3 is 6.09 Å². The van der Waals surface area contributed by atoms with Gasteiger partial charge in [0.1, 0.15) is 11.4 Å². The van der Waals surface area contributed by atoms with E-state index in [1.165, 1.54) is 0 Å². The molecule has 134 valence electrons. The molecule has 0 saturated carbocycles. The van der Waals surface area contributed by atoms with E-state index in [0.29, 0.717) is 18.1 Å². The molecule has 2 amide bonds. The van der Waals surface area contributed by atoms with Gasteiger partial charge in [-0.15, -0.1) is 0 Å². The molecule has 7 nitrogen and oxygen atoms in total. The molecule has 0 unspecified atom stereocenters. The first kappa shape index (κ1) is 19.7. The summed E-state index contributed by atoms with van der Waals surface area (Å²) in [5.74, 6) is 0.278. The number of amides is 2. The van der Waals surface area contributed by atoms with E-state index in [1.54, 1.807) is 57.8 Å². The molecule has 0 aliphatic carbocycles. The Morgan fingerprint density at radius 3 is 2.33 bits per heavy atom. The number of nitrogens with one attached hydrogen (secondary N) is 1. The van der Waals surface area contributed by atoms with Crippen molar-refractivity contribution >= 4 is 23.5 Å². The summed E-state index contributed by atoms with van der Waals surface area (Å²) in [5, 5.41) is 2.66. The summed E-state index contributed by atoms with van der Waals surface area (Å²) in [5.41, 5.74) is 4.88. The van der Waals surface area contributed by atoms with Gasteiger partial charge in [-0.25, -0.2) is 9.78 Å². The Morgan fingerprint density at radius 2 is 1.88 bits per heavy atom. The quantitative estimate of drug-likeness (QED) is 0.861. The first-order chi connectivity index (χ1) is 11.0. The van der Waals surface area contributed by atoms with Crippen molar-refractivity contribution in [3.63, 3.8) is 0 Å². The van der Waals surface area contributed by atoms with Crippen LogP contribution >= 0.6 is 0 Å². The topological polar surface area (TPSA) is 97.5 Å². The molecular weight excluding hydrogens is 308 g/mol. The van der Waals surface area contributed by atoms with Gasteiger partial charge < -0.3 is 20.7 Å². The van der Waals surface area contributed by atoms with Crippen LogP contribution in [0.1, 0.15) is 41.5 Å². The van der Waals surface area contributed by atoms with Gasteiger partial charge in [0, 0.05) is 13.1 Å². The minimum absolute atomic E-state index is 0.118. The van der Waals surface area contributed by atoms with Crippen LogP contribution in [0, 0.1) is 5.41 Å². The maximum Gasteiger partial charge on any atom is 0.407 e. The van der Waals surface area contributed by atoms with Gasteiger partial charge in [-0.3, -0.25) is 4.79 Å². The van der Waals surface area contributed by atoms with Gasteiger partial charge in [0.05, 0.1) is 17.3 Å². The fraction of sp³-hybridized carbons (Fsp3) is 0.588. The number of nitrogen functional groups attached to an aromatic ring is 1. The molecule has 0 aliphatic heterocycles. The minimum Gasteiger partial charge on any atom is -0.444 e. The van der Waals surface area contributed by atoms with Crippen LogP contribution in [0.2, 0.25) is 0 Å². The molecule has 0 radical (unpaired) electrons. The fourth-order valence-corrected chi connectivity index (χ4v) is 2.05. The minimum atomic E-state index is -0.797. The van der Waals surface area contributed by atoms with Crippen molar-refractivity contribution in [1.29, 1.82) is 0 Å². The van der Waals surface area contributed by atoms with Crippen LogP contribution < -0.4 is 16.0 Å². The third-order valence-corrected chi connectivity index (χ3v) is 3.30. The highest BCUT2D eigenvalue weighted by molar-refractivity contribution is 5.97. The lowest BCUT2D eigenvalue weighted by molar-refractivity contribution is -0.126. The molecule has 24 heavy (non-hydrogen) atoms. The number of nitrogens with zero attached hydrogens (tertiary/aromatic N) is 2. The Labute approximate surface area is 143 Å². The predicted molar refractivity (Wildman–Crippen MR) is 94.7 cm³/mol. The number of pyridine rings is 1. The normalized spacial score (nSPS) is 11.8. The highest BCUT2D eigenvalue weighted by Crippen LogP contribution is 2.23. The van der Waals surface area contributed by atoms with Crippen molar-refractivity contribution in [2.45, 2.75) is 47.1 Å². The number of aromatic nitrogens is 1. The molecule has 1 rings (SSSR count). The van der Waals surface area contributed by atoms with Crippen molar-refractivity contribution in [3.05, 3.63) is 18.3 Å². The average Bonchev–Trinajstić information content (AvgIpc) is 2.46. The number of alkyl carbamates (subject to hydrolysis) is 1. The molecule has 1 aromatic rings. The van der Waals surface area contributed by atoms with E-state index >= 15 is 0 Å². The van der Waals surface area contributed by atoms with E-state index in [9.17, 15) is 9.59 Å². The highest BCUT2D eigenvalue weighted by atomic mass is 16.6. The Balaban J connectivity index is 2.78. The second kappa shape index (κ2) is 7.51. The molecule has 1 heterocycles. The van der Waals surface area contributed by atoms with Crippen LogP contribution in [-0.2, 0) is 9.53 Å². The molecule has 0 aliphatic rings. The first-order valence-electron chi connectivity index (χ1n) is 7.96. The molecule has 1 aromatic heterocycles. The first-order valence-corrected chi connectivity index (χ1v) is 7.96. The van der Waals surface area contributed by atoms with Crippen molar-refractivity contribution in [1.82, 2.24) is 10.3 Å². The van der Waals surface area contributed by atoms with Gasteiger partial charge in [0.15, 0.2) is 0 Å². The fourth-order valence-electron chi connectivity index (χ4n) is 2.05. The zero-order valence-corrected chi connectivity index (χ0v) is 15.3. The number of anilines is 2. The Bertz CT molecular complexity index is 576. The SMILES string of the molecule is CCN(C(=O)C(C)(C)CNC(=O)OC(C)(C)C)c1ccc(N)nc1. The molecule has 7 heteroatoms. The Hall–Kier alpha value is -2.31. The Morgan fingerprint density at radius 1 is 1.25 bits per heavy atom. The van der Waals surface area contributed by atoms with Crippen LogP contribution in [0.15, 0.2) is 18.3 Å². The van der Waals surface area contributed by atoms with Crippen molar-refractivity contribution in [2.75, 3.05) is 23.7 Å². The summed E-state index contributed by atoms with van der Waals surface area (Å²) in [4.78, 5) is 30.3. The van der Waals surface area contributed by atoms with E-state index in [-0.39, 0.29) is 12.5 Å². The van der Waals surface area contributed by atoms with Crippen LogP contribution in [0.4, 0.5) is 16.3 Å². The molecule has 0 saturated heterocycles. The number of ether oxygens (including phenoxy) is 1. The maximum absolute atomic E-state index is 12.9.